The van der Waals surface area contributed by atoms with Crippen molar-refractivity contribution in [2.45, 2.75) is 12.5 Å². The van der Waals surface area contributed by atoms with Crippen LogP contribution in [0.25, 0.3) is 0 Å². The fourth-order valence-electron chi connectivity index (χ4n) is 2.30. The van der Waals surface area contributed by atoms with Crippen molar-refractivity contribution in [1.29, 1.82) is 0 Å². The number of fused-ring (bicyclic) bond motifs is 1. The van der Waals surface area contributed by atoms with Gasteiger partial charge in [-0.1, -0.05) is 12.1 Å². The Morgan fingerprint density at radius 3 is 2.60 bits per heavy atom. The van der Waals surface area contributed by atoms with E-state index in [9.17, 15) is 20.1 Å². The van der Waals surface area contributed by atoms with Gasteiger partial charge in [0, 0.05) is 29.7 Å². The first-order valence-corrected chi connectivity index (χ1v) is 6.08. The lowest BCUT2D eigenvalue weighted by Crippen LogP contribution is -2.25. The van der Waals surface area contributed by atoms with E-state index in [1.165, 1.54) is 24.3 Å². The van der Waals surface area contributed by atoms with Crippen molar-refractivity contribution in [3.63, 3.8) is 0 Å². The second-order valence-electron chi connectivity index (χ2n) is 4.68. The number of aromatic hydroxyl groups is 3. The molecule has 102 valence electrons. The zero-order valence-corrected chi connectivity index (χ0v) is 10.4. The minimum absolute atomic E-state index is 0.0156. The number of phenols is 3. The van der Waals surface area contributed by atoms with Gasteiger partial charge in [0.15, 0.2) is 11.9 Å². The average Bonchev–Trinajstić information content (AvgIpc) is 2.39. The number of hydrogen-bond donors (Lipinski definition) is 3. The summed E-state index contributed by atoms with van der Waals surface area (Å²) in [5, 5.41) is 28.7. The molecule has 3 rings (SSSR count). The van der Waals surface area contributed by atoms with Gasteiger partial charge < -0.3 is 20.1 Å². The molecule has 0 saturated heterocycles. The summed E-state index contributed by atoms with van der Waals surface area (Å²) in [7, 11) is 0. The van der Waals surface area contributed by atoms with Crippen molar-refractivity contribution in [3.05, 3.63) is 47.5 Å². The zero-order chi connectivity index (χ0) is 14.3. The second kappa shape index (κ2) is 4.45. The van der Waals surface area contributed by atoms with Crippen LogP contribution in [0.4, 0.5) is 0 Å². The third kappa shape index (κ3) is 2.03. The minimum Gasteiger partial charge on any atom is -0.508 e. The summed E-state index contributed by atoms with van der Waals surface area (Å²) in [4.78, 5) is 12.1. The molecule has 0 radical (unpaired) electrons. The van der Waals surface area contributed by atoms with E-state index in [1.54, 1.807) is 12.1 Å². The molecule has 0 fully saturated rings. The summed E-state index contributed by atoms with van der Waals surface area (Å²) in [6.45, 7) is 0. The van der Waals surface area contributed by atoms with Crippen LogP contribution in [0, 0.1) is 0 Å². The smallest absolute Gasteiger partial charge is 0.182 e. The topological polar surface area (TPSA) is 87.0 Å². The molecule has 0 amide bonds. The van der Waals surface area contributed by atoms with Crippen LogP contribution in [0.2, 0.25) is 0 Å². The van der Waals surface area contributed by atoms with Crippen LogP contribution in [-0.4, -0.2) is 21.1 Å². The number of carbonyl (C=O) groups is 1. The molecule has 1 heterocycles. The van der Waals surface area contributed by atoms with Crippen LogP contribution in [0.15, 0.2) is 36.4 Å². The molecule has 2 aromatic rings. The summed E-state index contributed by atoms with van der Waals surface area (Å²) < 4.78 is 5.57. The standard InChI is InChI=1S/C15H12O5/c16-9-3-1-2-8(4-9)15-13(19)7-11-12(18)5-10(17)6-14(11)20-15/h1-6,15-18H,7H2. The van der Waals surface area contributed by atoms with Crippen LogP contribution < -0.4 is 4.74 Å². The van der Waals surface area contributed by atoms with E-state index in [4.69, 9.17) is 4.74 Å². The van der Waals surface area contributed by atoms with Gasteiger partial charge in [-0.15, -0.1) is 0 Å². The summed E-state index contributed by atoms with van der Waals surface area (Å²) in [5.41, 5.74) is 0.896. The van der Waals surface area contributed by atoms with Gasteiger partial charge in [-0.25, -0.2) is 0 Å². The Bertz CT molecular complexity index is 693. The van der Waals surface area contributed by atoms with E-state index in [2.05, 4.69) is 0 Å². The average molecular weight is 272 g/mol. The molecule has 1 unspecified atom stereocenters. The fraction of sp³-hybridized carbons (Fsp3) is 0.133. The Kier molecular flexibility index (Phi) is 2.75. The quantitative estimate of drug-likeness (QED) is 0.739. The van der Waals surface area contributed by atoms with E-state index in [-0.39, 0.29) is 35.2 Å². The van der Waals surface area contributed by atoms with E-state index in [0.717, 1.165) is 0 Å². The van der Waals surface area contributed by atoms with Crippen molar-refractivity contribution in [2.24, 2.45) is 0 Å². The fourth-order valence-corrected chi connectivity index (χ4v) is 2.30. The molecule has 3 N–H and O–H groups in total. The summed E-state index contributed by atoms with van der Waals surface area (Å²) in [6.07, 6.45) is -0.835. The van der Waals surface area contributed by atoms with Gasteiger partial charge >= 0.3 is 0 Å². The van der Waals surface area contributed by atoms with Crippen LogP contribution in [-0.2, 0) is 11.2 Å². The van der Waals surface area contributed by atoms with Gasteiger partial charge in [0.05, 0.1) is 0 Å². The Balaban J connectivity index is 2.03. The number of benzene rings is 2. The van der Waals surface area contributed by atoms with Crippen molar-refractivity contribution < 1.29 is 24.9 Å². The first kappa shape index (κ1) is 12.3. The van der Waals surface area contributed by atoms with E-state index >= 15 is 0 Å². The molecule has 1 aliphatic rings. The van der Waals surface area contributed by atoms with Crippen LogP contribution in [0.1, 0.15) is 17.2 Å². The molecular formula is C15H12O5. The maximum atomic E-state index is 12.1. The molecule has 0 saturated carbocycles. The van der Waals surface area contributed by atoms with Crippen molar-refractivity contribution in [2.75, 3.05) is 0 Å². The molecule has 5 heteroatoms. The molecule has 0 aromatic heterocycles. The van der Waals surface area contributed by atoms with Crippen molar-refractivity contribution in [1.82, 2.24) is 0 Å². The minimum atomic E-state index is -0.851. The number of hydrogen-bond acceptors (Lipinski definition) is 5. The van der Waals surface area contributed by atoms with Crippen LogP contribution in [0.3, 0.4) is 0 Å². The number of carbonyl (C=O) groups excluding carboxylic acids is 1. The number of ketones is 1. The Labute approximate surface area is 114 Å². The van der Waals surface area contributed by atoms with E-state index in [0.29, 0.717) is 11.1 Å². The normalized spacial score (nSPS) is 17.4. The summed E-state index contributed by atoms with van der Waals surface area (Å²) in [6, 6.07) is 8.78. The van der Waals surface area contributed by atoms with Gasteiger partial charge in [-0.05, 0) is 12.1 Å². The number of phenolic OH excluding ortho intramolecular Hbond substituents is 3. The molecule has 1 atom stereocenters. The highest BCUT2D eigenvalue weighted by atomic mass is 16.5. The Morgan fingerprint density at radius 1 is 1.05 bits per heavy atom. The van der Waals surface area contributed by atoms with Crippen LogP contribution >= 0.6 is 0 Å². The van der Waals surface area contributed by atoms with Crippen molar-refractivity contribution >= 4 is 5.78 Å². The molecule has 0 spiro atoms. The predicted molar refractivity (Wildman–Crippen MR) is 70.0 cm³/mol. The van der Waals surface area contributed by atoms with Gasteiger partial charge in [0.25, 0.3) is 0 Å². The lowest BCUT2D eigenvalue weighted by atomic mass is 9.95. The first-order valence-electron chi connectivity index (χ1n) is 6.08. The maximum absolute atomic E-state index is 12.1. The summed E-state index contributed by atoms with van der Waals surface area (Å²) in [5.74, 6) is -0.198. The van der Waals surface area contributed by atoms with Gasteiger partial charge in [0.2, 0.25) is 0 Å². The van der Waals surface area contributed by atoms with Crippen LogP contribution in [0.5, 0.6) is 23.0 Å². The monoisotopic (exact) mass is 272 g/mol. The molecular weight excluding hydrogens is 260 g/mol. The second-order valence-corrected chi connectivity index (χ2v) is 4.68. The third-order valence-corrected chi connectivity index (χ3v) is 3.23. The largest absolute Gasteiger partial charge is 0.508 e. The number of ether oxygens (including phenoxy) is 1. The number of rotatable bonds is 1. The molecule has 1 aliphatic heterocycles. The van der Waals surface area contributed by atoms with E-state index < -0.39 is 6.10 Å². The first-order chi connectivity index (χ1) is 9.54. The van der Waals surface area contributed by atoms with E-state index in [1.807, 2.05) is 0 Å². The van der Waals surface area contributed by atoms with Gasteiger partial charge in [-0.3, -0.25) is 4.79 Å². The van der Waals surface area contributed by atoms with Gasteiger partial charge in [-0.2, -0.15) is 0 Å². The lowest BCUT2D eigenvalue weighted by molar-refractivity contribution is -0.126. The highest BCUT2D eigenvalue weighted by Crippen LogP contribution is 2.40. The highest BCUT2D eigenvalue weighted by molar-refractivity contribution is 5.89. The molecule has 5 nitrogen and oxygen atoms in total. The third-order valence-electron chi connectivity index (χ3n) is 3.23. The predicted octanol–water partition coefficient (Wildman–Crippen LogP) is 2.05. The lowest BCUT2D eigenvalue weighted by Gasteiger charge is -2.26. The van der Waals surface area contributed by atoms with Gasteiger partial charge in [0.1, 0.15) is 23.0 Å². The Hall–Kier alpha value is -2.69. The molecule has 20 heavy (non-hydrogen) atoms. The highest BCUT2D eigenvalue weighted by Gasteiger charge is 2.31. The molecule has 2 aromatic carbocycles. The maximum Gasteiger partial charge on any atom is 0.182 e. The Morgan fingerprint density at radius 2 is 1.85 bits per heavy atom. The molecule has 0 aliphatic carbocycles. The number of Topliss-reactive ketones (excluding diaryl/α,β-unsaturated/α-hetero) is 1. The zero-order valence-electron chi connectivity index (χ0n) is 10.4. The summed E-state index contributed by atoms with van der Waals surface area (Å²) >= 11 is 0. The van der Waals surface area contributed by atoms with Crippen molar-refractivity contribution in [3.8, 4) is 23.0 Å². The SMILES string of the molecule is O=C1Cc2c(O)cc(O)cc2OC1c1cccc(O)c1. The molecule has 0 bridgehead atoms.